The van der Waals surface area contributed by atoms with Crippen LogP contribution in [0.3, 0.4) is 0 Å². The van der Waals surface area contributed by atoms with Crippen molar-refractivity contribution in [3.05, 3.63) is 11.9 Å². The number of carboxylic acid groups (broad SMARTS) is 2. The van der Waals surface area contributed by atoms with Gasteiger partial charge in [0.2, 0.25) is 0 Å². The zero-order chi connectivity index (χ0) is 20.8. The SMILES string of the molecule is CCCCCCCCC1=CNC(CCCCCCCC)(C(=O)O)C(C(=O)O)=N1. The molecule has 160 valence electrons. The number of nitrogens with one attached hydrogen (secondary N) is 1. The van der Waals surface area contributed by atoms with Crippen LogP contribution in [-0.4, -0.2) is 33.4 Å². The number of hydrogen-bond donors (Lipinski definition) is 3. The number of rotatable bonds is 16. The maximum Gasteiger partial charge on any atom is 0.353 e. The normalized spacial score (nSPS) is 18.9. The fourth-order valence-corrected chi connectivity index (χ4v) is 3.62. The summed E-state index contributed by atoms with van der Waals surface area (Å²) in [6.45, 7) is 4.33. The molecule has 1 atom stereocenters. The van der Waals surface area contributed by atoms with Gasteiger partial charge in [-0.2, -0.15) is 0 Å². The van der Waals surface area contributed by atoms with Gasteiger partial charge < -0.3 is 15.5 Å². The first-order chi connectivity index (χ1) is 13.5. The molecule has 0 bridgehead atoms. The molecule has 1 aliphatic rings. The van der Waals surface area contributed by atoms with Gasteiger partial charge >= 0.3 is 11.9 Å². The summed E-state index contributed by atoms with van der Waals surface area (Å²) in [5.74, 6) is -2.42. The van der Waals surface area contributed by atoms with Crippen LogP contribution >= 0.6 is 0 Å². The molecule has 0 saturated heterocycles. The van der Waals surface area contributed by atoms with E-state index in [0.29, 0.717) is 18.5 Å². The number of nitrogens with zero attached hydrogens (tertiary/aromatic N) is 1. The van der Waals surface area contributed by atoms with Crippen LogP contribution in [0.4, 0.5) is 0 Å². The number of aliphatic carboxylic acids is 2. The van der Waals surface area contributed by atoms with Crippen LogP contribution in [0.15, 0.2) is 16.9 Å². The lowest BCUT2D eigenvalue weighted by molar-refractivity contribution is -0.143. The van der Waals surface area contributed by atoms with Crippen LogP contribution < -0.4 is 5.32 Å². The number of carboxylic acids is 2. The average molecular weight is 395 g/mol. The number of allylic oxidation sites excluding steroid dienone is 1. The summed E-state index contributed by atoms with van der Waals surface area (Å²) in [4.78, 5) is 28.0. The van der Waals surface area contributed by atoms with Crippen molar-refractivity contribution in [1.82, 2.24) is 5.32 Å². The molecule has 1 heterocycles. The Balaban J connectivity index is 2.66. The molecule has 0 spiro atoms. The molecule has 28 heavy (non-hydrogen) atoms. The Morgan fingerprint density at radius 3 is 1.96 bits per heavy atom. The largest absolute Gasteiger partial charge is 0.479 e. The van der Waals surface area contributed by atoms with E-state index in [1.165, 1.54) is 32.1 Å². The Bertz CT molecular complexity index is 557. The zero-order valence-corrected chi connectivity index (χ0v) is 17.6. The highest BCUT2D eigenvalue weighted by Gasteiger charge is 2.47. The summed E-state index contributed by atoms with van der Waals surface area (Å²) in [5.41, 5.74) is -1.27. The van der Waals surface area contributed by atoms with E-state index in [1.54, 1.807) is 6.20 Å². The molecular formula is C22H38N2O4. The molecule has 6 heteroatoms. The van der Waals surface area contributed by atoms with Gasteiger partial charge in [0.05, 0.1) is 5.70 Å². The van der Waals surface area contributed by atoms with E-state index in [-0.39, 0.29) is 12.1 Å². The molecular weight excluding hydrogens is 356 g/mol. The summed E-state index contributed by atoms with van der Waals surface area (Å²) >= 11 is 0. The molecule has 0 aromatic rings. The Labute approximate surface area is 169 Å². The van der Waals surface area contributed by atoms with Crippen LogP contribution in [0.5, 0.6) is 0 Å². The second-order valence-electron chi connectivity index (χ2n) is 7.79. The van der Waals surface area contributed by atoms with E-state index < -0.39 is 17.5 Å². The maximum absolute atomic E-state index is 12.0. The van der Waals surface area contributed by atoms with E-state index in [9.17, 15) is 19.8 Å². The highest BCUT2D eigenvalue weighted by molar-refractivity contribution is 6.44. The third-order valence-electron chi connectivity index (χ3n) is 5.40. The predicted molar refractivity (Wildman–Crippen MR) is 113 cm³/mol. The summed E-state index contributed by atoms with van der Waals surface area (Å²) < 4.78 is 0. The van der Waals surface area contributed by atoms with Crippen LogP contribution in [-0.2, 0) is 9.59 Å². The molecule has 0 aliphatic carbocycles. The minimum Gasteiger partial charge on any atom is -0.479 e. The van der Waals surface area contributed by atoms with Gasteiger partial charge in [-0.3, -0.25) is 0 Å². The van der Waals surface area contributed by atoms with E-state index in [1.807, 2.05) is 0 Å². The van der Waals surface area contributed by atoms with E-state index >= 15 is 0 Å². The first-order valence-corrected chi connectivity index (χ1v) is 11.0. The Kier molecular flexibility index (Phi) is 11.5. The van der Waals surface area contributed by atoms with Crippen molar-refractivity contribution in [3.63, 3.8) is 0 Å². The van der Waals surface area contributed by atoms with Gasteiger partial charge in [0.25, 0.3) is 0 Å². The average Bonchev–Trinajstić information content (AvgIpc) is 2.67. The lowest BCUT2D eigenvalue weighted by atomic mass is 9.85. The minimum absolute atomic E-state index is 0.236. The van der Waals surface area contributed by atoms with E-state index in [2.05, 4.69) is 24.2 Å². The third kappa shape index (κ3) is 7.64. The highest BCUT2D eigenvalue weighted by atomic mass is 16.4. The second kappa shape index (κ2) is 13.3. The van der Waals surface area contributed by atoms with Crippen LogP contribution in [0.1, 0.15) is 104 Å². The van der Waals surface area contributed by atoms with Gasteiger partial charge in [0.1, 0.15) is 0 Å². The molecule has 0 saturated carbocycles. The zero-order valence-electron chi connectivity index (χ0n) is 17.6. The monoisotopic (exact) mass is 394 g/mol. The van der Waals surface area contributed by atoms with E-state index in [0.717, 1.165) is 38.5 Å². The van der Waals surface area contributed by atoms with Crippen LogP contribution in [0.25, 0.3) is 0 Å². The Morgan fingerprint density at radius 1 is 0.893 bits per heavy atom. The van der Waals surface area contributed by atoms with Gasteiger partial charge in [0.15, 0.2) is 11.3 Å². The lowest BCUT2D eigenvalue weighted by Gasteiger charge is -2.32. The molecule has 1 aliphatic heterocycles. The van der Waals surface area contributed by atoms with Crippen LogP contribution in [0, 0.1) is 0 Å². The Hall–Kier alpha value is -1.85. The fraction of sp³-hybridized carbons (Fsp3) is 0.773. The summed E-state index contributed by atoms with van der Waals surface area (Å²) in [5, 5.41) is 22.3. The number of aliphatic imine (C=N–C) groups is 1. The van der Waals surface area contributed by atoms with Gasteiger partial charge in [0, 0.05) is 6.20 Å². The first kappa shape index (κ1) is 24.2. The smallest absolute Gasteiger partial charge is 0.353 e. The first-order valence-electron chi connectivity index (χ1n) is 11.0. The Morgan fingerprint density at radius 2 is 1.43 bits per heavy atom. The molecule has 1 unspecified atom stereocenters. The standard InChI is InChI=1S/C22H38N2O4/c1-3-5-7-9-11-13-15-18-17-23-22(21(27)28,19(24-18)20(25)26)16-14-12-10-8-6-4-2/h17,23H,3-16H2,1-2H3,(H,25,26)(H,27,28). The van der Waals surface area contributed by atoms with Crippen LogP contribution in [0.2, 0.25) is 0 Å². The number of hydrogen-bond acceptors (Lipinski definition) is 4. The molecule has 1 rings (SSSR count). The maximum atomic E-state index is 12.0. The van der Waals surface area contributed by atoms with Crippen molar-refractivity contribution >= 4 is 17.7 Å². The molecule has 0 radical (unpaired) electrons. The third-order valence-corrected chi connectivity index (χ3v) is 5.40. The van der Waals surface area contributed by atoms with Gasteiger partial charge in [-0.05, 0) is 19.3 Å². The van der Waals surface area contributed by atoms with Gasteiger partial charge in [-0.15, -0.1) is 0 Å². The predicted octanol–water partition coefficient (Wildman–Crippen LogP) is 5.28. The summed E-state index contributed by atoms with van der Waals surface area (Å²) in [6, 6.07) is 0. The molecule has 0 aromatic heterocycles. The van der Waals surface area contributed by atoms with Crippen molar-refractivity contribution in [2.24, 2.45) is 4.99 Å². The van der Waals surface area contributed by atoms with Gasteiger partial charge in [-0.25, -0.2) is 14.6 Å². The fourth-order valence-electron chi connectivity index (χ4n) is 3.62. The van der Waals surface area contributed by atoms with Crippen molar-refractivity contribution in [3.8, 4) is 0 Å². The number of carbonyl (C=O) groups is 2. The lowest BCUT2D eigenvalue weighted by Crippen LogP contribution is -2.60. The van der Waals surface area contributed by atoms with E-state index in [4.69, 9.17) is 0 Å². The summed E-state index contributed by atoms with van der Waals surface area (Å²) in [6.07, 6.45) is 15.4. The topological polar surface area (TPSA) is 99.0 Å². The molecule has 0 aromatic carbocycles. The quantitative estimate of drug-likeness (QED) is 0.309. The number of unbranched alkanes of at least 4 members (excludes halogenated alkanes) is 10. The molecule has 0 amide bonds. The van der Waals surface area contributed by atoms with Crippen molar-refractivity contribution < 1.29 is 19.8 Å². The minimum atomic E-state index is -1.62. The molecule has 3 N–H and O–H groups in total. The van der Waals surface area contributed by atoms with Crippen molar-refractivity contribution in [2.75, 3.05) is 0 Å². The molecule has 6 nitrogen and oxygen atoms in total. The highest BCUT2D eigenvalue weighted by Crippen LogP contribution is 2.26. The summed E-state index contributed by atoms with van der Waals surface area (Å²) in [7, 11) is 0. The van der Waals surface area contributed by atoms with Crippen molar-refractivity contribution in [2.45, 2.75) is 109 Å². The van der Waals surface area contributed by atoms with Gasteiger partial charge in [-0.1, -0.05) is 84.5 Å². The van der Waals surface area contributed by atoms with Crippen molar-refractivity contribution in [1.29, 1.82) is 0 Å². The molecule has 0 fully saturated rings. The second-order valence-corrected chi connectivity index (χ2v) is 7.79.